The second kappa shape index (κ2) is 8.97. The summed E-state index contributed by atoms with van der Waals surface area (Å²) >= 11 is 0. The average Bonchev–Trinajstić information content (AvgIpc) is 3.11. The van der Waals surface area contributed by atoms with Crippen molar-refractivity contribution < 1.29 is 0 Å². The fraction of sp³-hybridized carbons (Fsp3) is 0.739. The molecule has 26 heavy (non-hydrogen) atoms. The molecule has 3 aliphatic rings. The molecule has 3 fully saturated rings. The first kappa shape index (κ1) is 20.0. The van der Waals surface area contributed by atoms with E-state index < -0.39 is 0 Å². The maximum Gasteiger partial charge on any atom is 0.0402 e. The molecule has 2 aliphatic carbocycles. The van der Waals surface area contributed by atoms with E-state index in [1.165, 1.54) is 90.5 Å². The number of para-hydroxylation sites is 1. The quantitative estimate of drug-likeness (QED) is 0.649. The first-order valence-electron chi connectivity index (χ1n) is 10.9. The largest absolute Gasteiger partial charge is 0.369 e. The standard InChI is InChI=1S/C23H36N2.ClH/c1-2-15-24-16-18-25(19-17-24)22-8-4-3-7-21(22)20-9-13-23(14-10-20)11-5-6-12-23;/h3-4,7-8,20H,2,5-6,9-19H2,1H3;1H. The van der Waals surface area contributed by atoms with E-state index in [1.807, 2.05) is 0 Å². The van der Waals surface area contributed by atoms with Crippen molar-refractivity contribution in [1.82, 2.24) is 4.90 Å². The molecule has 1 saturated heterocycles. The van der Waals surface area contributed by atoms with Crippen LogP contribution in [0.25, 0.3) is 0 Å². The van der Waals surface area contributed by atoms with Crippen molar-refractivity contribution in [2.24, 2.45) is 5.41 Å². The number of anilines is 1. The van der Waals surface area contributed by atoms with E-state index in [0.29, 0.717) is 0 Å². The van der Waals surface area contributed by atoms with Gasteiger partial charge in [0.2, 0.25) is 0 Å². The number of benzene rings is 1. The molecule has 4 rings (SSSR count). The summed E-state index contributed by atoms with van der Waals surface area (Å²) in [4.78, 5) is 5.30. The predicted molar refractivity (Wildman–Crippen MR) is 115 cm³/mol. The van der Waals surface area contributed by atoms with Crippen LogP contribution >= 0.6 is 12.4 Å². The fourth-order valence-corrected chi connectivity index (χ4v) is 5.82. The maximum atomic E-state index is 2.67. The molecule has 0 amide bonds. The topological polar surface area (TPSA) is 6.48 Å². The highest BCUT2D eigenvalue weighted by Crippen LogP contribution is 2.53. The first-order chi connectivity index (χ1) is 12.3. The Labute approximate surface area is 166 Å². The van der Waals surface area contributed by atoms with E-state index >= 15 is 0 Å². The number of halogens is 1. The second-order valence-corrected chi connectivity index (χ2v) is 8.87. The summed E-state index contributed by atoms with van der Waals surface area (Å²) < 4.78 is 0. The molecule has 146 valence electrons. The van der Waals surface area contributed by atoms with Crippen LogP contribution in [-0.4, -0.2) is 37.6 Å². The Hall–Kier alpha value is -0.730. The second-order valence-electron chi connectivity index (χ2n) is 8.87. The van der Waals surface area contributed by atoms with Gasteiger partial charge in [0.15, 0.2) is 0 Å². The van der Waals surface area contributed by atoms with Gasteiger partial charge in [-0.25, -0.2) is 0 Å². The van der Waals surface area contributed by atoms with E-state index in [1.54, 1.807) is 11.3 Å². The van der Waals surface area contributed by atoms with Gasteiger partial charge in [0.1, 0.15) is 0 Å². The molecule has 0 N–H and O–H groups in total. The number of nitrogens with zero attached hydrogens (tertiary/aromatic N) is 2. The Morgan fingerprint density at radius 2 is 1.58 bits per heavy atom. The van der Waals surface area contributed by atoms with E-state index in [-0.39, 0.29) is 12.4 Å². The van der Waals surface area contributed by atoms with Gasteiger partial charge in [0, 0.05) is 31.9 Å². The molecule has 1 heterocycles. The third kappa shape index (κ3) is 4.22. The van der Waals surface area contributed by atoms with Crippen molar-refractivity contribution in [3.05, 3.63) is 29.8 Å². The summed E-state index contributed by atoms with van der Waals surface area (Å²) in [7, 11) is 0. The van der Waals surface area contributed by atoms with Gasteiger partial charge in [0.25, 0.3) is 0 Å². The van der Waals surface area contributed by atoms with Gasteiger partial charge in [-0.2, -0.15) is 0 Å². The molecule has 1 aromatic rings. The summed E-state index contributed by atoms with van der Waals surface area (Å²) in [5.41, 5.74) is 3.95. The van der Waals surface area contributed by atoms with E-state index in [9.17, 15) is 0 Å². The number of hydrogen-bond donors (Lipinski definition) is 0. The molecule has 1 aliphatic heterocycles. The molecule has 0 bridgehead atoms. The number of hydrogen-bond acceptors (Lipinski definition) is 2. The lowest BCUT2D eigenvalue weighted by molar-refractivity contribution is 0.181. The van der Waals surface area contributed by atoms with Gasteiger partial charge >= 0.3 is 0 Å². The lowest BCUT2D eigenvalue weighted by Crippen LogP contribution is -2.46. The minimum Gasteiger partial charge on any atom is -0.369 e. The zero-order valence-corrected chi connectivity index (χ0v) is 17.4. The minimum atomic E-state index is 0. The lowest BCUT2D eigenvalue weighted by atomic mass is 9.68. The third-order valence-electron chi connectivity index (χ3n) is 7.34. The molecule has 0 radical (unpaired) electrons. The van der Waals surface area contributed by atoms with E-state index in [0.717, 1.165) is 11.3 Å². The molecule has 2 nitrogen and oxygen atoms in total. The molecule has 0 atom stereocenters. The lowest BCUT2D eigenvalue weighted by Gasteiger charge is -2.40. The summed E-state index contributed by atoms with van der Waals surface area (Å²) in [6, 6.07) is 9.35. The Kier molecular flexibility index (Phi) is 6.91. The van der Waals surface area contributed by atoms with Crippen molar-refractivity contribution in [3.8, 4) is 0 Å². The molecule has 3 heteroatoms. The molecular weight excluding hydrogens is 340 g/mol. The maximum absolute atomic E-state index is 2.67. The summed E-state index contributed by atoms with van der Waals surface area (Å²) in [5.74, 6) is 0.802. The Morgan fingerprint density at radius 1 is 0.923 bits per heavy atom. The Morgan fingerprint density at radius 3 is 2.23 bits per heavy atom. The molecule has 2 saturated carbocycles. The molecule has 0 unspecified atom stereocenters. The van der Waals surface area contributed by atoms with Crippen LogP contribution in [0.4, 0.5) is 5.69 Å². The summed E-state index contributed by atoms with van der Waals surface area (Å²) in [6.07, 6.45) is 13.1. The number of piperazine rings is 1. The SMILES string of the molecule is CCCN1CCN(c2ccccc2C2CCC3(CCCC3)CC2)CC1.Cl. The Balaban J connectivity index is 0.00000196. The summed E-state index contributed by atoms with van der Waals surface area (Å²) in [6.45, 7) is 8.43. The average molecular weight is 377 g/mol. The van der Waals surface area contributed by atoms with Crippen LogP contribution in [0.2, 0.25) is 0 Å². The number of rotatable bonds is 4. The Bertz CT molecular complexity index is 549. The van der Waals surface area contributed by atoms with Gasteiger partial charge in [0.05, 0.1) is 0 Å². The fourth-order valence-electron chi connectivity index (χ4n) is 5.82. The predicted octanol–water partition coefficient (Wildman–Crippen LogP) is 5.86. The van der Waals surface area contributed by atoms with Gasteiger partial charge in [-0.05, 0) is 74.5 Å². The zero-order chi connectivity index (χ0) is 17.1. The minimum absolute atomic E-state index is 0. The van der Waals surface area contributed by atoms with Gasteiger partial charge in [-0.3, -0.25) is 4.90 Å². The zero-order valence-electron chi connectivity index (χ0n) is 16.6. The van der Waals surface area contributed by atoms with Crippen LogP contribution < -0.4 is 4.90 Å². The van der Waals surface area contributed by atoms with Crippen LogP contribution in [-0.2, 0) is 0 Å². The van der Waals surface area contributed by atoms with Crippen molar-refractivity contribution in [3.63, 3.8) is 0 Å². The van der Waals surface area contributed by atoms with Crippen LogP contribution in [0.1, 0.15) is 76.2 Å². The highest BCUT2D eigenvalue weighted by Gasteiger charge is 2.38. The van der Waals surface area contributed by atoms with E-state index in [2.05, 4.69) is 41.0 Å². The molecule has 0 aromatic heterocycles. The monoisotopic (exact) mass is 376 g/mol. The molecular formula is C23H37ClN2. The smallest absolute Gasteiger partial charge is 0.0402 e. The van der Waals surface area contributed by atoms with Crippen LogP contribution in [0, 0.1) is 5.41 Å². The van der Waals surface area contributed by atoms with Crippen molar-refractivity contribution in [2.45, 2.75) is 70.6 Å². The van der Waals surface area contributed by atoms with Gasteiger partial charge < -0.3 is 4.90 Å². The van der Waals surface area contributed by atoms with Crippen LogP contribution in [0.15, 0.2) is 24.3 Å². The normalized spacial score (nSPS) is 24.0. The highest BCUT2D eigenvalue weighted by molar-refractivity contribution is 5.85. The van der Waals surface area contributed by atoms with E-state index in [4.69, 9.17) is 0 Å². The van der Waals surface area contributed by atoms with Crippen molar-refractivity contribution >= 4 is 18.1 Å². The van der Waals surface area contributed by atoms with Crippen LogP contribution in [0.3, 0.4) is 0 Å². The third-order valence-corrected chi connectivity index (χ3v) is 7.34. The highest BCUT2D eigenvalue weighted by atomic mass is 35.5. The van der Waals surface area contributed by atoms with Gasteiger partial charge in [-0.15, -0.1) is 12.4 Å². The molecule has 1 spiro atoms. The van der Waals surface area contributed by atoms with Crippen LogP contribution in [0.5, 0.6) is 0 Å². The van der Waals surface area contributed by atoms with Crippen molar-refractivity contribution in [2.75, 3.05) is 37.6 Å². The first-order valence-corrected chi connectivity index (χ1v) is 10.9. The molecule has 1 aromatic carbocycles. The van der Waals surface area contributed by atoms with Crippen molar-refractivity contribution in [1.29, 1.82) is 0 Å². The van der Waals surface area contributed by atoms with Gasteiger partial charge in [-0.1, -0.05) is 38.0 Å². The summed E-state index contributed by atoms with van der Waals surface area (Å²) in [5, 5.41) is 0.